The Hall–Kier alpha value is -0.795. The average molecular weight is 178 g/mol. The summed E-state index contributed by atoms with van der Waals surface area (Å²) in [6.07, 6.45) is 1.10. The van der Waals surface area contributed by atoms with Gasteiger partial charge in [-0.3, -0.25) is 0 Å². The van der Waals surface area contributed by atoms with Crippen molar-refractivity contribution in [3.05, 3.63) is 29.8 Å². The summed E-state index contributed by atoms with van der Waals surface area (Å²) >= 11 is 0. The van der Waals surface area contributed by atoms with Gasteiger partial charge >= 0.3 is 7.12 Å². The van der Waals surface area contributed by atoms with Crippen LogP contribution in [0, 0.1) is 0 Å². The molecule has 70 valence electrons. The molecule has 0 fully saturated rings. The van der Waals surface area contributed by atoms with Crippen molar-refractivity contribution in [2.75, 3.05) is 0 Å². The maximum absolute atomic E-state index is 8.87. The van der Waals surface area contributed by atoms with Crippen molar-refractivity contribution >= 4 is 12.6 Å². The molecule has 0 aliphatic carbocycles. The second-order valence-electron chi connectivity index (χ2n) is 3.35. The smallest absolute Gasteiger partial charge is 0.423 e. The van der Waals surface area contributed by atoms with E-state index in [1.165, 1.54) is 5.56 Å². The second-order valence-corrected chi connectivity index (χ2v) is 3.35. The van der Waals surface area contributed by atoms with Gasteiger partial charge in [0.1, 0.15) is 0 Å². The Morgan fingerprint density at radius 1 is 1.23 bits per heavy atom. The third-order valence-electron chi connectivity index (χ3n) is 2.42. The van der Waals surface area contributed by atoms with Crippen LogP contribution >= 0.6 is 0 Å². The molecular formula is C10H15BO2. The molecule has 0 saturated carbocycles. The first-order valence-electron chi connectivity index (χ1n) is 4.61. The summed E-state index contributed by atoms with van der Waals surface area (Å²) < 4.78 is 0. The lowest BCUT2D eigenvalue weighted by Gasteiger charge is -2.09. The Balaban J connectivity index is 2.81. The normalized spacial score (nSPS) is 12.6. The van der Waals surface area contributed by atoms with Gasteiger partial charge in [-0.25, -0.2) is 0 Å². The molecule has 0 saturated heterocycles. The van der Waals surface area contributed by atoms with Gasteiger partial charge in [-0.05, 0) is 23.4 Å². The minimum Gasteiger partial charge on any atom is -0.423 e. The van der Waals surface area contributed by atoms with Gasteiger partial charge < -0.3 is 10.0 Å². The Morgan fingerprint density at radius 3 is 2.15 bits per heavy atom. The monoisotopic (exact) mass is 178 g/mol. The third-order valence-corrected chi connectivity index (χ3v) is 2.42. The van der Waals surface area contributed by atoms with Gasteiger partial charge in [-0.15, -0.1) is 0 Å². The zero-order chi connectivity index (χ0) is 9.84. The van der Waals surface area contributed by atoms with Crippen LogP contribution in [0.4, 0.5) is 0 Å². The molecule has 0 aromatic heterocycles. The first kappa shape index (κ1) is 10.3. The minimum absolute atomic E-state index is 0.532. The highest BCUT2D eigenvalue weighted by Crippen LogP contribution is 2.16. The highest BCUT2D eigenvalue weighted by Gasteiger charge is 2.10. The van der Waals surface area contributed by atoms with E-state index in [1.54, 1.807) is 12.1 Å². The summed E-state index contributed by atoms with van der Waals surface area (Å²) in [5.41, 5.74) is 1.79. The Bertz CT molecular complexity index is 256. The molecule has 0 amide bonds. The Morgan fingerprint density at radius 2 is 1.77 bits per heavy atom. The highest BCUT2D eigenvalue weighted by molar-refractivity contribution is 6.58. The lowest BCUT2D eigenvalue weighted by molar-refractivity contribution is 0.426. The lowest BCUT2D eigenvalue weighted by atomic mass is 9.79. The predicted octanol–water partition coefficient (Wildman–Crippen LogP) is 0.880. The number of hydrogen-bond donors (Lipinski definition) is 2. The quantitative estimate of drug-likeness (QED) is 0.674. The van der Waals surface area contributed by atoms with Crippen molar-refractivity contribution in [2.45, 2.75) is 26.2 Å². The van der Waals surface area contributed by atoms with Crippen LogP contribution in [-0.2, 0) is 0 Å². The molecule has 1 aromatic carbocycles. The summed E-state index contributed by atoms with van der Waals surface area (Å²) in [5.74, 6) is 0.532. The first-order valence-corrected chi connectivity index (χ1v) is 4.61. The van der Waals surface area contributed by atoms with Crippen LogP contribution in [0.5, 0.6) is 0 Å². The fourth-order valence-electron chi connectivity index (χ4n) is 1.23. The van der Waals surface area contributed by atoms with Crippen LogP contribution in [0.25, 0.3) is 0 Å². The van der Waals surface area contributed by atoms with Gasteiger partial charge in [0.05, 0.1) is 0 Å². The fourth-order valence-corrected chi connectivity index (χ4v) is 1.23. The molecule has 0 bridgehead atoms. The third kappa shape index (κ3) is 2.57. The fraction of sp³-hybridized carbons (Fsp3) is 0.400. The molecule has 1 unspecified atom stereocenters. The van der Waals surface area contributed by atoms with Crippen LogP contribution in [0.15, 0.2) is 24.3 Å². The molecule has 0 radical (unpaired) electrons. The molecular weight excluding hydrogens is 163 g/mol. The van der Waals surface area contributed by atoms with Gasteiger partial charge in [0.25, 0.3) is 0 Å². The largest absolute Gasteiger partial charge is 0.488 e. The molecule has 13 heavy (non-hydrogen) atoms. The molecule has 2 N–H and O–H groups in total. The number of hydrogen-bond acceptors (Lipinski definition) is 2. The van der Waals surface area contributed by atoms with Gasteiger partial charge in [-0.2, -0.15) is 0 Å². The topological polar surface area (TPSA) is 40.5 Å². The van der Waals surface area contributed by atoms with Gasteiger partial charge in [0, 0.05) is 0 Å². The van der Waals surface area contributed by atoms with E-state index in [1.807, 2.05) is 12.1 Å². The molecule has 0 heterocycles. The Labute approximate surface area is 79.4 Å². The predicted molar refractivity (Wildman–Crippen MR) is 55.0 cm³/mol. The lowest BCUT2D eigenvalue weighted by Crippen LogP contribution is -2.29. The molecule has 0 spiro atoms. The Kier molecular flexibility index (Phi) is 3.52. The molecule has 1 aromatic rings. The van der Waals surface area contributed by atoms with Crippen LogP contribution in [0.1, 0.15) is 31.7 Å². The van der Waals surface area contributed by atoms with Crippen LogP contribution in [-0.4, -0.2) is 17.2 Å². The summed E-state index contributed by atoms with van der Waals surface area (Å²) in [6.45, 7) is 4.30. The number of benzene rings is 1. The van der Waals surface area contributed by atoms with Gasteiger partial charge in [0.15, 0.2) is 0 Å². The van der Waals surface area contributed by atoms with Crippen molar-refractivity contribution in [3.8, 4) is 0 Å². The van der Waals surface area contributed by atoms with E-state index < -0.39 is 7.12 Å². The minimum atomic E-state index is -1.36. The SMILES string of the molecule is CCC(C)c1ccc(B(O)O)cc1. The zero-order valence-electron chi connectivity index (χ0n) is 8.07. The second kappa shape index (κ2) is 4.44. The first-order chi connectivity index (χ1) is 6.15. The van der Waals surface area contributed by atoms with Crippen LogP contribution in [0.2, 0.25) is 0 Å². The highest BCUT2D eigenvalue weighted by atomic mass is 16.4. The summed E-state index contributed by atoms with van der Waals surface area (Å²) in [4.78, 5) is 0. The van der Waals surface area contributed by atoms with Gasteiger partial charge in [0.2, 0.25) is 0 Å². The van der Waals surface area contributed by atoms with E-state index in [0.29, 0.717) is 11.4 Å². The maximum atomic E-state index is 8.87. The van der Waals surface area contributed by atoms with E-state index in [0.717, 1.165) is 6.42 Å². The molecule has 0 aliphatic heterocycles. The molecule has 1 rings (SSSR count). The van der Waals surface area contributed by atoms with Crippen molar-refractivity contribution in [1.82, 2.24) is 0 Å². The van der Waals surface area contributed by atoms with E-state index in [4.69, 9.17) is 10.0 Å². The van der Waals surface area contributed by atoms with Crippen LogP contribution in [0.3, 0.4) is 0 Å². The summed E-state index contributed by atoms with van der Waals surface area (Å²) in [5, 5.41) is 17.7. The van der Waals surface area contributed by atoms with E-state index in [2.05, 4.69) is 13.8 Å². The summed E-state index contributed by atoms with van der Waals surface area (Å²) in [6, 6.07) is 7.41. The van der Waals surface area contributed by atoms with Crippen LogP contribution < -0.4 is 5.46 Å². The van der Waals surface area contributed by atoms with Crippen molar-refractivity contribution in [1.29, 1.82) is 0 Å². The standard InChI is InChI=1S/C10H15BO2/c1-3-8(2)9-4-6-10(7-5-9)11(12)13/h4-8,12-13H,3H2,1-2H3. The maximum Gasteiger partial charge on any atom is 0.488 e. The van der Waals surface area contributed by atoms with Crippen molar-refractivity contribution in [3.63, 3.8) is 0 Å². The van der Waals surface area contributed by atoms with E-state index >= 15 is 0 Å². The van der Waals surface area contributed by atoms with E-state index in [-0.39, 0.29) is 0 Å². The van der Waals surface area contributed by atoms with Crippen molar-refractivity contribution < 1.29 is 10.0 Å². The summed E-state index contributed by atoms with van der Waals surface area (Å²) in [7, 11) is -1.36. The average Bonchev–Trinajstić information content (AvgIpc) is 2.17. The zero-order valence-corrected chi connectivity index (χ0v) is 8.07. The molecule has 3 heteroatoms. The number of rotatable bonds is 3. The molecule has 1 atom stereocenters. The van der Waals surface area contributed by atoms with Gasteiger partial charge in [-0.1, -0.05) is 38.1 Å². The molecule has 2 nitrogen and oxygen atoms in total. The van der Waals surface area contributed by atoms with E-state index in [9.17, 15) is 0 Å². The molecule has 0 aliphatic rings. The van der Waals surface area contributed by atoms with Crippen molar-refractivity contribution in [2.24, 2.45) is 0 Å².